The van der Waals surface area contributed by atoms with Gasteiger partial charge in [0.25, 0.3) is 0 Å². The molecule has 0 unspecified atom stereocenters. The highest BCUT2D eigenvalue weighted by molar-refractivity contribution is 7.15. The van der Waals surface area contributed by atoms with Crippen LogP contribution in [0.3, 0.4) is 0 Å². The van der Waals surface area contributed by atoms with Gasteiger partial charge in [0.15, 0.2) is 0 Å². The van der Waals surface area contributed by atoms with Crippen molar-refractivity contribution in [2.75, 3.05) is 0 Å². The minimum atomic E-state index is 0.657. The van der Waals surface area contributed by atoms with Crippen LogP contribution < -0.4 is 0 Å². The zero-order valence-electron chi connectivity index (χ0n) is 8.61. The third-order valence-corrected chi connectivity index (χ3v) is 3.16. The number of aromatic nitrogens is 1. The van der Waals surface area contributed by atoms with Gasteiger partial charge in [0, 0.05) is 5.56 Å². The minimum Gasteiger partial charge on any atom is -0.243 e. The average Bonchev–Trinajstić information content (AvgIpc) is 2.66. The van der Waals surface area contributed by atoms with E-state index in [1.807, 2.05) is 0 Å². The number of nitrogens with zero attached hydrogens (tertiary/aromatic N) is 2. The van der Waals surface area contributed by atoms with Crippen LogP contribution in [0.25, 0.3) is 10.6 Å². The van der Waals surface area contributed by atoms with E-state index >= 15 is 0 Å². The zero-order chi connectivity index (χ0) is 10.8. The Hall–Kier alpha value is -1.66. The first-order chi connectivity index (χ1) is 7.20. The van der Waals surface area contributed by atoms with Gasteiger partial charge in [-0.3, -0.25) is 0 Å². The van der Waals surface area contributed by atoms with Crippen molar-refractivity contribution in [3.05, 3.63) is 40.4 Å². The number of rotatable bonds is 1. The molecule has 0 aliphatic carbocycles. The van der Waals surface area contributed by atoms with E-state index in [0.29, 0.717) is 4.88 Å². The Bertz CT molecular complexity index is 535. The Kier molecular flexibility index (Phi) is 2.53. The lowest BCUT2D eigenvalue weighted by molar-refractivity contribution is 1.34. The molecule has 0 bridgehead atoms. The topological polar surface area (TPSA) is 36.7 Å². The first-order valence-corrected chi connectivity index (χ1v) is 5.46. The number of aryl methyl sites for hydroxylation is 2. The molecule has 0 saturated carbocycles. The highest BCUT2D eigenvalue weighted by atomic mass is 32.1. The fourth-order valence-corrected chi connectivity index (χ4v) is 2.31. The van der Waals surface area contributed by atoms with Crippen LogP contribution in [0.4, 0.5) is 0 Å². The lowest BCUT2D eigenvalue weighted by Crippen LogP contribution is -1.82. The summed E-state index contributed by atoms with van der Waals surface area (Å²) in [5.74, 6) is 0. The van der Waals surface area contributed by atoms with Crippen molar-refractivity contribution in [3.8, 4) is 16.6 Å². The molecule has 0 aliphatic rings. The van der Waals surface area contributed by atoms with Gasteiger partial charge in [-0.25, -0.2) is 4.98 Å². The number of hydrogen-bond donors (Lipinski definition) is 0. The molecule has 0 N–H and O–H groups in total. The van der Waals surface area contributed by atoms with Crippen molar-refractivity contribution in [3.63, 3.8) is 0 Å². The molecule has 0 fully saturated rings. The van der Waals surface area contributed by atoms with Gasteiger partial charge in [-0.1, -0.05) is 23.8 Å². The van der Waals surface area contributed by atoms with Crippen molar-refractivity contribution in [2.45, 2.75) is 13.8 Å². The Morgan fingerprint density at radius 1 is 1.33 bits per heavy atom. The molecule has 2 rings (SSSR count). The molecule has 0 amide bonds. The second-order valence-electron chi connectivity index (χ2n) is 3.46. The molecule has 0 aliphatic heterocycles. The van der Waals surface area contributed by atoms with E-state index < -0.39 is 0 Å². The van der Waals surface area contributed by atoms with Crippen LogP contribution in [0.15, 0.2) is 24.4 Å². The first-order valence-electron chi connectivity index (χ1n) is 4.64. The van der Waals surface area contributed by atoms with Crippen LogP contribution >= 0.6 is 11.3 Å². The van der Waals surface area contributed by atoms with Gasteiger partial charge in [-0.05, 0) is 19.4 Å². The summed E-state index contributed by atoms with van der Waals surface area (Å²) in [7, 11) is 0. The molecule has 15 heavy (non-hydrogen) atoms. The molecule has 0 spiro atoms. The minimum absolute atomic E-state index is 0.657. The Balaban J connectivity index is 2.50. The first kappa shape index (κ1) is 9.88. The summed E-state index contributed by atoms with van der Waals surface area (Å²) in [6.45, 7) is 4.13. The molecule has 2 nitrogen and oxygen atoms in total. The normalized spacial score (nSPS) is 9.93. The van der Waals surface area contributed by atoms with E-state index in [0.717, 1.165) is 10.6 Å². The molecule has 74 valence electrons. The van der Waals surface area contributed by atoms with Gasteiger partial charge in [0.1, 0.15) is 16.0 Å². The highest BCUT2D eigenvalue weighted by Gasteiger charge is 2.06. The molecule has 2 aromatic rings. The maximum atomic E-state index is 8.73. The molecule has 1 aromatic heterocycles. The van der Waals surface area contributed by atoms with Crippen molar-refractivity contribution in [1.29, 1.82) is 5.26 Å². The molecule has 0 radical (unpaired) electrons. The maximum absolute atomic E-state index is 8.73. The Labute approximate surface area is 92.8 Å². The summed E-state index contributed by atoms with van der Waals surface area (Å²) in [6.07, 6.45) is 1.62. The third kappa shape index (κ3) is 1.90. The second kappa shape index (κ2) is 3.84. The standard InChI is InChI=1S/C12H10N2S/c1-8-3-4-11(9(2)5-8)12-14-7-10(6-13)15-12/h3-5,7H,1-2H3. The number of nitriles is 1. The fraction of sp³-hybridized carbons (Fsp3) is 0.167. The zero-order valence-corrected chi connectivity index (χ0v) is 9.43. The van der Waals surface area contributed by atoms with Gasteiger partial charge in [0.05, 0.1) is 6.20 Å². The van der Waals surface area contributed by atoms with Crippen molar-refractivity contribution < 1.29 is 0 Å². The summed E-state index contributed by atoms with van der Waals surface area (Å²) in [5, 5.41) is 9.65. The summed E-state index contributed by atoms with van der Waals surface area (Å²) < 4.78 is 0. The monoisotopic (exact) mass is 214 g/mol. The van der Waals surface area contributed by atoms with Crippen LogP contribution in [0.5, 0.6) is 0 Å². The molecule has 3 heteroatoms. The SMILES string of the molecule is Cc1ccc(-c2ncc(C#N)s2)c(C)c1. The van der Waals surface area contributed by atoms with E-state index in [9.17, 15) is 0 Å². The lowest BCUT2D eigenvalue weighted by Gasteiger charge is -2.02. The third-order valence-electron chi connectivity index (χ3n) is 2.23. The van der Waals surface area contributed by atoms with Crippen molar-refractivity contribution in [2.24, 2.45) is 0 Å². The van der Waals surface area contributed by atoms with Crippen LogP contribution in [0.2, 0.25) is 0 Å². The number of hydrogen-bond acceptors (Lipinski definition) is 3. The number of benzene rings is 1. The highest BCUT2D eigenvalue weighted by Crippen LogP contribution is 2.27. The smallest absolute Gasteiger partial charge is 0.125 e. The van der Waals surface area contributed by atoms with E-state index in [4.69, 9.17) is 5.26 Å². The fourth-order valence-electron chi connectivity index (χ4n) is 1.50. The molecule has 0 saturated heterocycles. The largest absolute Gasteiger partial charge is 0.243 e. The van der Waals surface area contributed by atoms with Crippen LogP contribution in [0.1, 0.15) is 16.0 Å². The molecule has 0 atom stereocenters. The molecular weight excluding hydrogens is 204 g/mol. The van der Waals surface area contributed by atoms with E-state index in [1.54, 1.807) is 6.20 Å². The summed E-state index contributed by atoms with van der Waals surface area (Å²) in [4.78, 5) is 4.90. The van der Waals surface area contributed by atoms with Crippen LogP contribution in [-0.2, 0) is 0 Å². The molecular formula is C12H10N2S. The van der Waals surface area contributed by atoms with Gasteiger partial charge < -0.3 is 0 Å². The van der Waals surface area contributed by atoms with E-state index in [1.165, 1.54) is 22.5 Å². The maximum Gasteiger partial charge on any atom is 0.125 e. The quantitative estimate of drug-likeness (QED) is 0.730. The summed E-state index contributed by atoms with van der Waals surface area (Å²) in [6, 6.07) is 8.36. The van der Waals surface area contributed by atoms with Gasteiger partial charge in [0.2, 0.25) is 0 Å². The van der Waals surface area contributed by atoms with E-state index in [2.05, 4.69) is 43.1 Å². The summed E-state index contributed by atoms with van der Waals surface area (Å²) >= 11 is 1.43. The second-order valence-corrected chi connectivity index (χ2v) is 4.49. The lowest BCUT2D eigenvalue weighted by atomic mass is 10.1. The predicted octanol–water partition coefficient (Wildman–Crippen LogP) is 3.30. The molecule has 1 aromatic carbocycles. The van der Waals surface area contributed by atoms with Crippen molar-refractivity contribution in [1.82, 2.24) is 4.98 Å². The van der Waals surface area contributed by atoms with Crippen molar-refractivity contribution >= 4 is 11.3 Å². The molecule has 1 heterocycles. The number of thiazole rings is 1. The van der Waals surface area contributed by atoms with Gasteiger partial charge in [-0.15, -0.1) is 11.3 Å². The van der Waals surface area contributed by atoms with E-state index in [-0.39, 0.29) is 0 Å². The van der Waals surface area contributed by atoms with Gasteiger partial charge in [-0.2, -0.15) is 5.26 Å². The van der Waals surface area contributed by atoms with Crippen LogP contribution in [0, 0.1) is 25.2 Å². The van der Waals surface area contributed by atoms with Gasteiger partial charge >= 0.3 is 0 Å². The average molecular weight is 214 g/mol. The Morgan fingerprint density at radius 2 is 2.13 bits per heavy atom. The summed E-state index contributed by atoms with van der Waals surface area (Å²) in [5.41, 5.74) is 3.56. The van der Waals surface area contributed by atoms with Crippen LogP contribution in [-0.4, -0.2) is 4.98 Å². The Morgan fingerprint density at radius 3 is 2.73 bits per heavy atom. The predicted molar refractivity (Wildman–Crippen MR) is 61.7 cm³/mol.